The molecule has 2 aliphatic rings. The predicted molar refractivity (Wildman–Crippen MR) is 79.0 cm³/mol. The Bertz CT molecular complexity index is 502. The van der Waals surface area contributed by atoms with E-state index in [0.717, 1.165) is 19.0 Å². The molecule has 0 spiro atoms. The molecule has 2 unspecified atom stereocenters. The number of carbonyl (C=O) groups excluding carboxylic acids is 1. The first-order valence-corrected chi connectivity index (χ1v) is 7.43. The number of nitrogens with one attached hydrogen (secondary N) is 1. The molecule has 1 N–H and O–H groups in total. The maximum absolute atomic E-state index is 11.6. The average molecular weight is 290 g/mol. The van der Waals surface area contributed by atoms with Crippen molar-refractivity contribution >= 4 is 12.0 Å². The molecule has 6 nitrogen and oxygen atoms in total. The molecule has 6 heteroatoms. The van der Waals surface area contributed by atoms with Crippen LogP contribution < -0.4 is 10.2 Å². The first kappa shape index (κ1) is 14.1. The van der Waals surface area contributed by atoms with Crippen molar-refractivity contribution in [3.8, 4) is 0 Å². The van der Waals surface area contributed by atoms with Gasteiger partial charge >= 0.3 is 6.09 Å². The van der Waals surface area contributed by atoms with Crippen LogP contribution in [0.1, 0.15) is 20.8 Å². The minimum Gasteiger partial charge on any atom is -0.444 e. The third-order valence-corrected chi connectivity index (χ3v) is 4.09. The lowest BCUT2D eigenvalue weighted by Crippen LogP contribution is -2.35. The molecule has 114 valence electrons. The first-order chi connectivity index (χ1) is 9.94. The van der Waals surface area contributed by atoms with Crippen LogP contribution in [0.2, 0.25) is 0 Å². The number of ether oxygens (including phenoxy) is 1. The molecule has 1 aromatic rings. The Balaban J connectivity index is 1.42. The van der Waals surface area contributed by atoms with E-state index in [1.54, 1.807) is 12.4 Å². The fourth-order valence-corrected chi connectivity index (χ4v) is 3.09. The molecule has 2 fully saturated rings. The van der Waals surface area contributed by atoms with Crippen LogP contribution in [0.3, 0.4) is 0 Å². The van der Waals surface area contributed by atoms with Crippen LogP contribution in [-0.4, -0.2) is 41.3 Å². The van der Waals surface area contributed by atoms with Crippen molar-refractivity contribution in [3.63, 3.8) is 0 Å². The molecule has 0 aromatic carbocycles. The summed E-state index contributed by atoms with van der Waals surface area (Å²) in [4.78, 5) is 22.4. The van der Waals surface area contributed by atoms with Crippen molar-refractivity contribution in [1.29, 1.82) is 0 Å². The van der Waals surface area contributed by atoms with E-state index in [9.17, 15) is 4.79 Å². The molecular formula is C15H22N4O2. The second kappa shape index (κ2) is 5.16. The number of hydrogen-bond acceptors (Lipinski definition) is 5. The fraction of sp³-hybridized carbons (Fsp3) is 0.667. The minimum absolute atomic E-state index is 0.323. The molecule has 0 radical (unpaired) electrons. The maximum atomic E-state index is 11.6. The Morgan fingerprint density at radius 3 is 2.52 bits per heavy atom. The molecule has 1 saturated heterocycles. The molecule has 1 saturated carbocycles. The number of alkyl carbamates (subject to hydrolysis) is 1. The average Bonchev–Trinajstić information content (AvgIpc) is 2.87. The van der Waals surface area contributed by atoms with Gasteiger partial charge < -0.3 is 15.0 Å². The van der Waals surface area contributed by atoms with Gasteiger partial charge in [-0.1, -0.05) is 0 Å². The van der Waals surface area contributed by atoms with Crippen molar-refractivity contribution < 1.29 is 9.53 Å². The van der Waals surface area contributed by atoms with Gasteiger partial charge in [-0.15, -0.1) is 0 Å². The van der Waals surface area contributed by atoms with Crippen LogP contribution in [0, 0.1) is 17.8 Å². The molecule has 1 aliphatic carbocycles. The summed E-state index contributed by atoms with van der Waals surface area (Å²) < 4.78 is 5.25. The summed E-state index contributed by atoms with van der Waals surface area (Å²) in [5.41, 5.74) is -0.440. The number of amides is 1. The van der Waals surface area contributed by atoms with Gasteiger partial charge in [0.05, 0.1) is 0 Å². The molecule has 2 heterocycles. The van der Waals surface area contributed by atoms with Gasteiger partial charge in [-0.2, -0.15) is 0 Å². The molecule has 1 amide bonds. The van der Waals surface area contributed by atoms with Gasteiger partial charge in [0.25, 0.3) is 0 Å². The predicted octanol–water partition coefficient (Wildman–Crippen LogP) is 1.68. The highest BCUT2D eigenvalue weighted by atomic mass is 16.6. The third-order valence-electron chi connectivity index (χ3n) is 4.09. The van der Waals surface area contributed by atoms with Crippen molar-refractivity contribution in [2.45, 2.75) is 26.4 Å². The van der Waals surface area contributed by atoms with E-state index in [-0.39, 0.29) is 6.09 Å². The molecular weight excluding hydrogens is 268 g/mol. The van der Waals surface area contributed by atoms with E-state index >= 15 is 0 Å². The quantitative estimate of drug-likeness (QED) is 0.917. The minimum atomic E-state index is -0.440. The smallest absolute Gasteiger partial charge is 0.407 e. The molecule has 1 aromatic heterocycles. The molecule has 2 atom stereocenters. The highest BCUT2D eigenvalue weighted by molar-refractivity contribution is 5.67. The number of aromatic nitrogens is 2. The number of nitrogens with zero attached hydrogens (tertiary/aromatic N) is 3. The lowest BCUT2D eigenvalue weighted by atomic mass is 10.2. The highest BCUT2D eigenvalue weighted by Crippen LogP contribution is 2.51. The van der Waals surface area contributed by atoms with Crippen LogP contribution >= 0.6 is 0 Å². The lowest BCUT2D eigenvalue weighted by Gasteiger charge is -2.21. The van der Waals surface area contributed by atoms with Gasteiger partial charge in [0.15, 0.2) is 0 Å². The second-order valence-corrected chi connectivity index (χ2v) is 6.83. The van der Waals surface area contributed by atoms with Gasteiger partial charge in [-0.3, -0.25) is 0 Å². The molecule has 3 rings (SSSR count). The SMILES string of the molecule is CC(C)(C)OC(=O)NCC1C2CN(c3ncccn3)CC12. The Morgan fingerprint density at radius 1 is 1.33 bits per heavy atom. The van der Waals surface area contributed by atoms with Crippen LogP contribution in [0.5, 0.6) is 0 Å². The standard InChI is InChI=1S/C15H22N4O2/c1-15(2,3)21-14(20)18-7-10-11-8-19(9-12(10)11)13-16-5-4-6-17-13/h4-6,10-12H,7-9H2,1-3H3,(H,18,20). The topological polar surface area (TPSA) is 67.3 Å². The van der Waals surface area contributed by atoms with E-state index in [2.05, 4.69) is 20.2 Å². The van der Waals surface area contributed by atoms with E-state index < -0.39 is 5.60 Å². The number of carbonyl (C=O) groups is 1. The first-order valence-electron chi connectivity index (χ1n) is 7.43. The largest absolute Gasteiger partial charge is 0.444 e. The van der Waals surface area contributed by atoms with Crippen LogP contribution in [0.4, 0.5) is 10.7 Å². The van der Waals surface area contributed by atoms with Gasteiger partial charge in [0.2, 0.25) is 5.95 Å². The zero-order valence-electron chi connectivity index (χ0n) is 12.7. The number of hydrogen-bond donors (Lipinski definition) is 1. The molecule has 21 heavy (non-hydrogen) atoms. The number of rotatable bonds is 3. The summed E-state index contributed by atoms with van der Waals surface area (Å²) in [6, 6.07) is 1.83. The maximum Gasteiger partial charge on any atom is 0.407 e. The molecule has 1 aliphatic heterocycles. The van der Waals surface area contributed by atoms with E-state index in [0.29, 0.717) is 24.3 Å². The number of fused-ring (bicyclic) bond motifs is 1. The van der Waals surface area contributed by atoms with E-state index in [4.69, 9.17) is 4.74 Å². The Morgan fingerprint density at radius 2 is 1.95 bits per heavy atom. The molecule has 0 bridgehead atoms. The summed E-state index contributed by atoms with van der Waals surface area (Å²) in [6.45, 7) is 8.28. The van der Waals surface area contributed by atoms with Crippen molar-refractivity contribution in [2.24, 2.45) is 17.8 Å². The highest BCUT2D eigenvalue weighted by Gasteiger charge is 2.55. The Labute approximate surface area is 124 Å². The van der Waals surface area contributed by atoms with Crippen LogP contribution in [0.25, 0.3) is 0 Å². The second-order valence-electron chi connectivity index (χ2n) is 6.83. The monoisotopic (exact) mass is 290 g/mol. The third kappa shape index (κ3) is 3.25. The number of piperidine rings is 1. The van der Waals surface area contributed by atoms with Crippen molar-refractivity contribution in [2.75, 3.05) is 24.5 Å². The zero-order chi connectivity index (χ0) is 15.0. The van der Waals surface area contributed by atoms with E-state index in [1.807, 2.05) is 26.8 Å². The van der Waals surface area contributed by atoms with Gasteiger partial charge in [-0.05, 0) is 44.6 Å². The summed E-state index contributed by atoms with van der Waals surface area (Å²) in [6.07, 6.45) is 3.22. The van der Waals surface area contributed by atoms with E-state index in [1.165, 1.54) is 0 Å². The summed E-state index contributed by atoms with van der Waals surface area (Å²) in [7, 11) is 0. The van der Waals surface area contributed by atoms with Gasteiger partial charge in [0.1, 0.15) is 5.60 Å². The number of anilines is 1. The van der Waals surface area contributed by atoms with Gasteiger partial charge in [-0.25, -0.2) is 14.8 Å². The normalized spacial score (nSPS) is 27.2. The van der Waals surface area contributed by atoms with Crippen molar-refractivity contribution in [3.05, 3.63) is 18.5 Å². The zero-order valence-corrected chi connectivity index (χ0v) is 12.7. The van der Waals surface area contributed by atoms with Gasteiger partial charge in [0, 0.05) is 32.0 Å². The summed E-state index contributed by atoms with van der Waals surface area (Å²) >= 11 is 0. The lowest BCUT2D eigenvalue weighted by molar-refractivity contribution is 0.0524. The Hall–Kier alpha value is -1.85. The fourth-order valence-electron chi connectivity index (χ4n) is 3.09. The van der Waals surface area contributed by atoms with Crippen LogP contribution in [-0.2, 0) is 4.74 Å². The van der Waals surface area contributed by atoms with Crippen molar-refractivity contribution in [1.82, 2.24) is 15.3 Å². The summed E-state index contributed by atoms with van der Waals surface area (Å²) in [5.74, 6) is 2.66. The van der Waals surface area contributed by atoms with Crippen LogP contribution in [0.15, 0.2) is 18.5 Å². The summed E-state index contributed by atoms with van der Waals surface area (Å²) in [5, 5.41) is 2.87. The Kier molecular flexibility index (Phi) is 3.47.